The van der Waals surface area contributed by atoms with Gasteiger partial charge in [-0.2, -0.15) is 0 Å². The van der Waals surface area contributed by atoms with Gasteiger partial charge < -0.3 is 10.0 Å². The quantitative estimate of drug-likeness (QED) is 0.103. The number of halogens is 3. The van der Waals surface area contributed by atoms with Gasteiger partial charge in [0.05, 0.1) is 22.8 Å². The van der Waals surface area contributed by atoms with Crippen LogP contribution in [0.5, 0.6) is 0 Å². The topological polar surface area (TPSA) is 118 Å². The van der Waals surface area contributed by atoms with Crippen LogP contribution in [0.1, 0.15) is 0 Å². The first-order valence-corrected chi connectivity index (χ1v) is 32.4. The SMILES string of the molecule is Brc1cccc(-c2cc(-c3ccc(-c4cccnc4)cc3)nc(-c3ccccc3)n2)c1.Clc1cccc(-c2cccc(-c3cc(-c4ccc(-c5cccnc5)cc4)nc(-c4ccccc4)n3)c2)c1.OB(O)c1cccc(Cl)c1.PP.PP.[Y].[Y]. The average molecular weight is 1430 g/mol. The van der Waals surface area contributed by atoms with Crippen molar-refractivity contribution in [3.63, 3.8) is 0 Å². The zero-order chi connectivity index (χ0) is 57.6. The van der Waals surface area contributed by atoms with E-state index in [-0.39, 0.29) is 65.4 Å². The van der Waals surface area contributed by atoms with Gasteiger partial charge in [0.25, 0.3) is 0 Å². The third-order valence-corrected chi connectivity index (χ3v) is 13.4. The molecule has 0 aliphatic carbocycles. The van der Waals surface area contributed by atoms with Crippen LogP contribution in [0.2, 0.25) is 10.0 Å². The zero-order valence-electron chi connectivity index (χ0n) is 45.2. The van der Waals surface area contributed by atoms with Crippen LogP contribution >= 0.6 is 74.8 Å². The summed E-state index contributed by atoms with van der Waals surface area (Å²) in [5.74, 6) is 1.40. The van der Waals surface area contributed by atoms with Gasteiger partial charge in [-0.3, -0.25) is 9.97 Å². The van der Waals surface area contributed by atoms with Crippen molar-refractivity contribution in [2.45, 2.75) is 0 Å². The largest absolute Gasteiger partial charge is 0.488 e. The van der Waals surface area contributed by atoms with Crippen molar-refractivity contribution in [1.29, 1.82) is 0 Å². The van der Waals surface area contributed by atoms with E-state index in [1.165, 1.54) is 6.07 Å². The van der Waals surface area contributed by atoms with Crippen LogP contribution in [0.4, 0.5) is 0 Å². The molecule has 84 heavy (non-hydrogen) atoms. The maximum absolute atomic E-state index is 8.65. The molecule has 0 amide bonds. The van der Waals surface area contributed by atoms with Gasteiger partial charge in [-0.25, -0.2) is 19.9 Å². The van der Waals surface area contributed by atoms with Crippen LogP contribution in [0.15, 0.2) is 272 Å². The zero-order valence-corrected chi connectivity index (χ0v) is 58.5. The Bertz CT molecular complexity index is 3960. The Morgan fingerprint density at radius 3 is 1.08 bits per heavy atom. The van der Waals surface area contributed by atoms with Gasteiger partial charge in [0.1, 0.15) is 0 Å². The van der Waals surface area contributed by atoms with Crippen LogP contribution in [0.25, 0.3) is 101 Å². The number of pyridine rings is 2. The summed E-state index contributed by atoms with van der Waals surface area (Å²) in [7, 11) is 7.90. The third kappa shape index (κ3) is 19.6. The molecule has 0 aliphatic rings. The molecule has 4 unspecified atom stereocenters. The predicted molar refractivity (Wildman–Crippen MR) is 361 cm³/mol. The van der Waals surface area contributed by atoms with Gasteiger partial charge in [0.15, 0.2) is 11.6 Å². The van der Waals surface area contributed by atoms with Gasteiger partial charge in [-0.05, 0) is 106 Å². The first-order chi connectivity index (χ1) is 40.2. The van der Waals surface area contributed by atoms with E-state index in [1.807, 2.05) is 122 Å². The van der Waals surface area contributed by atoms with Gasteiger partial charge >= 0.3 is 7.12 Å². The minimum Gasteiger partial charge on any atom is -0.423 e. The van der Waals surface area contributed by atoms with Crippen molar-refractivity contribution in [1.82, 2.24) is 29.9 Å². The van der Waals surface area contributed by atoms with Crippen molar-refractivity contribution < 1.29 is 75.5 Å². The number of hydrogen-bond acceptors (Lipinski definition) is 8. The maximum Gasteiger partial charge on any atom is 0.488 e. The molecule has 18 heteroatoms. The molecule has 2 radical (unpaired) electrons. The molecule has 4 heterocycles. The Kier molecular flexibility index (Phi) is 29.1. The van der Waals surface area contributed by atoms with Crippen LogP contribution < -0.4 is 5.46 Å². The number of benzene rings is 8. The van der Waals surface area contributed by atoms with Gasteiger partial charge in [0.2, 0.25) is 0 Å². The van der Waals surface area contributed by atoms with E-state index < -0.39 is 7.12 Å². The van der Waals surface area contributed by atoms with Crippen molar-refractivity contribution in [2.75, 3.05) is 0 Å². The summed E-state index contributed by atoms with van der Waals surface area (Å²) in [5, 5.41) is 18.5. The molecule has 0 bridgehead atoms. The van der Waals surface area contributed by atoms with E-state index in [4.69, 9.17) is 53.2 Å². The van der Waals surface area contributed by atoms with Crippen LogP contribution in [0, 0.1) is 0 Å². The summed E-state index contributed by atoms with van der Waals surface area (Å²) in [5.41, 5.74) is 16.6. The molecule has 0 saturated heterocycles. The fraction of sp³-hybridized carbons (Fsp3) is 0. The molecule has 8 nitrogen and oxygen atoms in total. The minimum absolute atomic E-state index is 0. The summed E-state index contributed by atoms with van der Waals surface area (Å²) in [6.45, 7) is 0. The first kappa shape index (κ1) is 68.3. The first-order valence-electron chi connectivity index (χ1n) is 25.5. The average Bonchev–Trinajstić information content (AvgIpc) is 3.66. The molecule has 2 N–H and O–H groups in total. The number of nitrogens with zero attached hydrogens (tertiary/aromatic N) is 6. The van der Waals surface area contributed by atoms with E-state index in [1.54, 1.807) is 30.6 Å². The normalized spacial score (nSPS) is 10.0. The Balaban J connectivity index is 0.000000218. The molecular weight excluding hydrogens is 1370 g/mol. The van der Waals surface area contributed by atoms with E-state index in [9.17, 15) is 0 Å². The summed E-state index contributed by atoms with van der Waals surface area (Å²) < 4.78 is 1.02. The number of hydrogen-bond donors (Lipinski definition) is 2. The van der Waals surface area contributed by atoms with Gasteiger partial charge in [-0.15, -0.1) is 35.7 Å². The fourth-order valence-electron chi connectivity index (χ4n) is 8.49. The van der Waals surface area contributed by atoms with Crippen molar-refractivity contribution in [3.05, 3.63) is 282 Å². The number of rotatable bonds is 10. The Morgan fingerprint density at radius 2 is 0.679 bits per heavy atom. The molecule has 12 rings (SSSR count). The second-order valence-corrected chi connectivity index (χ2v) is 19.6. The van der Waals surface area contributed by atoms with Crippen molar-refractivity contribution >= 4 is 87.4 Å². The molecular formula is C66H54BBrCl2N6O2P4Y2. The summed E-state index contributed by atoms with van der Waals surface area (Å²) in [6, 6.07) is 80.0. The Hall–Kier alpha value is -4.81. The minimum atomic E-state index is -1.43. The van der Waals surface area contributed by atoms with Crippen molar-refractivity contribution in [3.8, 4) is 101 Å². The third-order valence-electron chi connectivity index (χ3n) is 12.5. The summed E-state index contributed by atoms with van der Waals surface area (Å²) >= 11 is 15.4. The Morgan fingerprint density at radius 1 is 0.321 bits per heavy atom. The predicted octanol–water partition coefficient (Wildman–Crippen LogP) is 17.5. The maximum atomic E-state index is 8.65. The molecule has 0 aliphatic heterocycles. The summed E-state index contributed by atoms with van der Waals surface area (Å²) in [6.07, 6.45) is 7.32. The molecule has 0 saturated carbocycles. The second kappa shape index (κ2) is 35.7. The van der Waals surface area contributed by atoms with Crippen LogP contribution in [-0.2, 0) is 65.4 Å². The van der Waals surface area contributed by atoms with Gasteiger partial charge in [-0.1, -0.05) is 215 Å². The molecule has 0 spiro atoms. The smallest absolute Gasteiger partial charge is 0.423 e. The van der Waals surface area contributed by atoms with Crippen LogP contribution in [-0.4, -0.2) is 47.1 Å². The van der Waals surface area contributed by atoms with Crippen LogP contribution in [0.3, 0.4) is 0 Å². The standard InChI is InChI=1S/C33H22ClN3.C27H18BrN3.C6H6BClO2.2H4P2.2Y/c34-30-13-5-10-27(20-30)26-9-4-11-28(19-26)32-21-31(36-33(37-32)25-7-2-1-3-8-25)24-16-14-23(15-17-24)29-12-6-18-35-22-29;28-24-10-4-8-22(16-24)26-17-25(30-27(31-26)21-6-2-1-3-7-21)20-13-11-19(12-14-20)23-9-5-15-29-18-23;8-6-3-1-2-5(4-6)7(9)10;2*1-2;;/h1-22H;1-18H;1-4,9-10H;2*1-2H2;;. The van der Waals surface area contributed by atoms with E-state index in [0.717, 1.165) is 94.0 Å². The molecule has 4 aromatic heterocycles. The monoisotopic (exact) mass is 1420 g/mol. The molecule has 0 fully saturated rings. The molecule has 410 valence electrons. The van der Waals surface area contributed by atoms with Gasteiger partial charge in [0, 0.05) is 138 Å². The number of aromatic nitrogens is 6. The second-order valence-electron chi connectivity index (χ2n) is 17.8. The summed E-state index contributed by atoms with van der Waals surface area (Å²) in [4.78, 5) is 28.1. The van der Waals surface area contributed by atoms with E-state index in [0.29, 0.717) is 27.2 Å². The van der Waals surface area contributed by atoms with Crippen molar-refractivity contribution in [2.24, 2.45) is 0 Å². The van der Waals surface area contributed by atoms with E-state index >= 15 is 0 Å². The van der Waals surface area contributed by atoms with E-state index in [2.05, 4.69) is 171 Å². The Labute approximate surface area is 569 Å². The molecule has 8 aromatic carbocycles. The molecule has 4 atom stereocenters. The fourth-order valence-corrected chi connectivity index (χ4v) is 9.28. The molecule has 12 aromatic rings.